The Kier molecular flexibility index (Phi) is 5.13. The van der Waals surface area contributed by atoms with Gasteiger partial charge in [-0.2, -0.15) is 5.10 Å². The highest BCUT2D eigenvalue weighted by molar-refractivity contribution is 5.80. The van der Waals surface area contributed by atoms with Crippen LogP contribution in [0.3, 0.4) is 0 Å². The smallest absolute Gasteiger partial charge is 0.173 e. The van der Waals surface area contributed by atoms with Crippen LogP contribution in [0.2, 0.25) is 0 Å². The van der Waals surface area contributed by atoms with Crippen LogP contribution in [0.5, 0.6) is 5.75 Å². The summed E-state index contributed by atoms with van der Waals surface area (Å²) in [7, 11) is 1.96. The Morgan fingerprint density at radius 2 is 1.94 bits per heavy atom. The zero-order valence-electron chi connectivity index (χ0n) is 18.9. The molecule has 2 aromatic carbocycles. The number of aryl methyl sites for hydroxylation is 1. The Hall–Kier alpha value is -3.32. The fourth-order valence-corrected chi connectivity index (χ4v) is 4.81. The van der Waals surface area contributed by atoms with Crippen LogP contribution in [0.4, 0.5) is 5.69 Å². The molecule has 2 aromatic heterocycles. The van der Waals surface area contributed by atoms with Gasteiger partial charge >= 0.3 is 0 Å². The number of hydrogen-bond acceptors (Lipinski definition) is 5. The number of fused-ring (bicyclic) bond motifs is 2. The highest BCUT2D eigenvalue weighted by atomic mass is 16.5. The largest absolute Gasteiger partial charge is 0.494 e. The summed E-state index contributed by atoms with van der Waals surface area (Å²) in [6.07, 6.45) is 1.81. The lowest BCUT2D eigenvalue weighted by molar-refractivity contribution is 0.172. The molecule has 0 amide bonds. The predicted octanol–water partition coefficient (Wildman–Crippen LogP) is 4.81. The van der Waals surface area contributed by atoms with Crippen molar-refractivity contribution in [3.63, 3.8) is 0 Å². The number of aliphatic hydroxyl groups is 1. The predicted molar refractivity (Wildman–Crippen MR) is 125 cm³/mol. The highest BCUT2D eigenvalue weighted by Gasteiger charge is 2.44. The SMILES string of the molecule is CCCOc1ccc(C2c3c(nn(C)c3C(C)C)C(O)N2c2ccc3[nH]cnc3c2)cc1. The summed E-state index contributed by atoms with van der Waals surface area (Å²) in [5.74, 6) is 1.13. The third-order valence-corrected chi connectivity index (χ3v) is 6.14. The summed E-state index contributed by atoms with van der Waals surface area (Å²) in [4.78, 5) is 9.59. The quantitative estimate of drug-likeness (QED) is 0.458. The number of nitrogens with zero attached hydrogens (tertiary/aromatic N) is 4. The first-order chi connectivity index (χ1) is 15.5. The van der Waals surface area contributed by atoms with E-state index in [0.29, 0.717) is 6.61 Å². The van der Waals surface area contributed by atoms with Crippen LogP contribution in [0, 0.1) is 0 Å². The van der Waals surface area contributed by atoms with Gasteiger partial charge in [-0.05, 0) is 48.2 Å². The van der Waals surface area contributed by atoms with Crippen molar-refractivity contribution in [3.8, 4) is 5.75 Å². The molecular weight excluding hydrogens is 402 g/mol. The van der Waals surface area contributed by atoms with Crippen molar-refractivity contribution >= 4 is 16.7 Å². The number of nitrogens with one attached hydrogen (secondary N) is 1. The molecule has 0 spiro atoms. The summed E-state index contributed by atoms with van der Waals surface area (Å²) in [6.45, 7) is 7.13. The second-order valence-electron chi connectivity index (χ2n) is 8.67. The first-order valence-corrected chi connectivity index (χ1v) is 11.2. The molecule has 0 saturated heterocycles. The number of rotatable bonds is 6. The Morgan fingerprint density at radius 3 is 2.66 bits per heavy atom. The summed E-state index contributed by atoms with van der Waals surface area (Å²) >= 11 is 0. The molecule has 7 heteroatoms. The molecule has 1 aliphatic heterocycles. The molecule has 32 heavy (non-hydrogen) atoms. The van der Waals surface area contributed by atoms with Crippen LogP contribution < -0.4 is 9.64 Å². The van der Waals surface area contributed by atoms with Gasteiger partial charge in [0.05, 0.1) is 30.0 Å². The van der Waals surface area contributed by atoms with E-state index >= 15 is 0 Å². The summed E-state index contributed by atoms with van der Waals surface area (Å²) < 4.78 is 7.70. The van der Waals surface area contributed by atoms with Crippen molar-refractivity contribution in [2.45, 2.75) is 45.4 Å². The standard InChI is InChI=1S/C25H29N5O2/c1-5-12-32-18-9-6-16(7-10-18)24-21-22(28-29(4)23(21)15(2)3)25(31)30(24)17-8-11-19-20(13-17)27-14-26-19/h6-11,13-15,24-25,31H,5,12H2,1-4H3,(H,26,27). The zero-order valence-corrected chi connectivity index (χ0v) is 18.9. The molecule has 4 aromatic rings. The first kappa shape index (κ1) is 20.6. The van der Waals surface area contributed by atoms with Crippen molar-refractivity contribution in [1.82, 2.24) is 19.7 Å². The van der Waals surface area contributed by atoms with Gasteiger partial charge in [0, 0.05) is 24.0 Å². The van der Waals surface area contributed by atoms with E-state index in [4.69, 9.17) is 9.84 Å². The molecule has 3 heterocycles. The number of hydrogen-bond donors (Lipinski definition) is 2. The number of aliphatic hydroxyl groups excluding tert-OH is 1. The van der Waals surface area contributed by atoms with Crippen LogP contribution >= 0.6 is 0 Å². The molecule has 2 atom stereocenters. The Labute approximate surface area is 187 Å². The van der Waals surface area contributed by atoms with Gasteiger partial charge in [0.25, 0.3) is 0 Å². The van der Waals surface area contributed by atoms with E-state index in [-0.39, 0.29) is 12.0 Å². The molecule has 0 bridgehead atoms. The van der Waals surface area contributed by atoms with E-state index in [1.165, 1.54) is 0 Å². The van der Waals surface area contributed by atoms with Crippen molar-refractivity contribution in [2.75, 3.05) is 11.5 Å². The molecule has 2 N–H and O–H groups in total. The number of aromatic nitrogens is 4. The van der Waals surface area contributed by atoms with Gasteiger partial charge in [-0.25, -0.2) is 4.98 Å². The van der Waals surface area contributed by atoms with Crippen molar-refractivity contribution in [1.29, 1.82) is 0 Å². The lowest BCUT2D eigenvalue weighted by atomic mass is 9.94. The van der Waals surface area contributed by atoms with Crippen LogP contribution in [0.15, 0.2) is 48.8 Å². The molecule has 7 nitrogen and oxygen atoms in total. The fraction of sp³-hybridized carbons (Fsp3) is 0.360. The second kappa shape index (κ2) is 7.98. The molecule has 0 radical (unpaired) electrons. The first-order valence-electron chi connectivity index (χ1n) is 11.2. The van der Waals surface area contributed by atoms with Crippen LogP contribution in [0.1, 0.15) is 67.9 Å². The minimum atomic E-state index is -0.846. The van der Waals surface area contributed by atoms with Crippen LogP contribution in [-0.4, -0.2) is 31.5 Å². The molecule has 5 rings (SSSR count). The third kappa shape index (κ3) is 3.24. The monoisotopic (exact) mass is 431 g/mol. The Morgan fingerprint density at radius 1 is 1.16 bits per heavy atom. The number of ether oxygens (including phenoxy) is 1. The Balaban J connectivity index is 1.65. The molecule has 0 saturated carbocycles. The van der Waals surface area contributed by atoms with E-state index in [2.05, 4.69) is 42.9 Å². The third-order valence-electron chi connectivity index (χ3n) is 6.14. The number of anilines is 1. The molecule has 0 fully saturated rings. The number of H-pyrrole nitrogens is 1. The summed E-state index contributed by atoms with van der Waals surface area (Å²) in [5.41, 5.74) is 6.77. The van der Waals surface area contributed by atoms with E-state index in [9.17, 15) is 5.11 Å². The van der Waals surface area contributed by atoms with Crippen molar-refractivity contribution in [3.05, 3.63) is 71.3 Å². The Bertz CT molecular complexity index is 1240. The average Bonchev–Trinajstić information content (AvgIpc) is 3.45. The van der Waals surface area contributed by atoms with E-state index in [0.717, 1.165) is 51.4 Å². The van der Waals surface area contributed by atoms with Gasteiger partial charge in [0.2, 0.25) is 0 Å². The van der Waals surface area contributed by atoms with Gasteiger partial charge in [0.15, 0.2) is 6.23 Å². The molecule has 0 aliphatic carbocycles. The zero-order chi connectivity index (χ0) is 22.4. The molecule has 2 unspecified atom stereocenters. The number of benzene rings is 2. The summed E-state index contributed by atoms with van der Waals surface area (Å²) in [6, 6.07) is 14.1. The molecular formula is C25H29N5O2. The summed E-state index contributed by atoms with van der Waals surface area (Å²) in [5, 5.41) is 16.2. The van der Waals surface area contributed by atoms with E-state index in [1.807, 2.05) is 47.0 Å². The molecule has 1 aliphatic rings. The minimum absolute atomic E-state index is 0.164. The molecule has 166 valence electrons. The van der Waals surface area contributed by atoms with Crippen molar-refractivity contribution < 1.29 is 9.84 Å². The maximum absolute atomic E-state index is 11.4. The second-order valence-corrected chi connectivity index (χ2v) is 8.67. The van der Waals surface area contributed by atoms with Gasteiger partial charge in [-0.1, -0.05) is 32.9 Å². The highest BCUT2D eigenvalue weighted by Crippen LogP contribution is 2.49. The fourth-order valence-electron chi connectivity index (χ4n) is 4.81. The average molecular weight is 432 g/mol. The lowest BCUT2D eigenvalue weighted by Gasteiger charge is -2.31. The topological polar surface area (TPSA) is 79.2 Å². The maximum atomic E-state index is 11.4. The van der Waals surface area contributed by atoms with Gasteiger partial charge < -0.3 is 19.7 Å². The van der Waals surface area contributed by atoms with Crippen molar-refractivity contribution in [2.24, 2.45) is 7.05 Å². The lowest BCUT2D eigenvalue weighted by Crippen LogP contribution is -2.28. The number of aromatic amines is 1. The van der Waals surface area contributed by atoms with E-state index < -0.39 is 6.23 Å². The van der Waals surface area contributed by atoms with Gasteiger partial charge in [-0.3, -0.25) is 4.68 Å². The normalized spacial score (nSPS) is 18.0. The number of imidazole rings is 1. The van der Waals surface area contributed by atoms with Gasteiger partial charge in [-0.15, -0.1) is 0 Å². The van der Waals surface area contributed by atoms with Crippen LogP contribution in [0.25, 0.3) is 11.0 Å². The van der Waals surface area contributed by atoms with Gasteiger partial charge in [0.1, 0.15) is 11.4 Å². The van der Waals surface area contributed by atoms with Crippen LogP contribution in [-0.2, 0) is 7.05 Å². The maximum Gasteiger partial charge on any atom is 0.173 e. The minimum Gasteiger partial charge on any atom is -0.494 e. The van der Waals surface area contributed by atoms with E-state index in [1.54, 1.807) is 6.33 Å².